The van der Waals surface area contributed by atoms with E-state index in [1.165, 1.54) is 5.56 Å². The van der Waals surface area contributed by atoms with Crippen LogP contribution >= 0.6 is 11.6 Å². The molecule has 0 radical (unpaired) electrons. The molecule has 0 N–H and O–H groups in total. The van der Waals surface area contributed by atoms with Crippen LogP contribution in [0.1, 0.15) is 22.9 Å². The number of nitrogens with zero attached hydrogens (tertiary/aromatic N) is 2. The fraction of sp³-hybridized carbons (Fsp3) is 0.174. The lowest BCUT2D eigenvalue weighted by Crippen LogP contribution is -2.31. The molecule has 0 saturated carbocycles. The van der Waals surface area contributed by atoms with Gasteiger partial charge in [-0.1, -0.05) is 84.4 Å². The zero-order valence-corrected chi connectivity index (χ0v) is 15.7. The highest BCUT2D eigenvalue weighted by Crippen LogP contribution is 2.34. The number of hydrogen-bond donors (Lipinski definition) is 0. The average Bonchev–Trinajstić information content (AvgIpc) is 2.99. The summed E-state index contributed by atoms with van der Waals surface area (Å²) in [5.74, 6) is 0.148. The van der Waals surface area contributed by atoms with Gasteiger partial charge in [0.15, 0.2) is 0 Å². The molecule has 1 heterocycles. The predicted molar refractivity (Wildman–Crippen MR) is 108 cm³/mol. The number of benzene rings is 3. The highest BCUT2D eigenvalue weighted by Gasteiger charge is 2.38. The summed E-state index contributed by atoms with van der Waals surface area (Å²) in [4.78, 5) is 17.1. The van der Waals surface area contributed by atoms with Crippen LogP contribution in [-0.4, -0.2) is 22.3 Å². The molecular formula is C23H21ClN2O. The predicted octanol–water partition coefficient (Wildman–Crippen LogP) is 4.88. The Morgan fingerprint density at radius 3 is 1.93 bits per heavy atom. The quantitative estimate of drug-likeness (QED) is 0.633. The summed E-state index contributed by atoms with van der Waals surface area (Å²) < 4.78 is 0. The van der Waals surface area contributed by atoms with Crippen LogP contribution in [-0.2, 0) is 17.9 Å². The molecule has 27 heavy (non-hydrogen) atoms. The maximum absolute atomic E-state index is 12.9. The standard InChI is InChI=1S/C23H21ClN2O/c24-21-13-11-20(12-14-21)23-25(15-18-7-3-1-4-8-18)17-22(27)26(23)16-19-9-5-2-6-10-19/h1-14,23H,15-17H2. The monoisotopic (exact) mass is 376 g/mol. The fourth-order valence-corrected chi connectivity index (χ4v) is 3.75. The molecular weight excluding hydrogens is 356 g/mol. The molecule has 3 aromatic rings. The van der Waals surface area contributed by atoms with Crippen molar-refractivity contribution in [2.75, 3.05) is 6.54 Å². The summed E-state index contributed by atoms with van der Waals surface area (Å²) >= 11 is 6.09. The van der Waals surface area contributed by atoms with Gasteiger partial charge in [0, 0.05) is 18.1 Å². The van der Waals surface area contributed by atoms with Crippen LogP contribution in [0, 0.1) is 0 Å². The van der Waals surface area contributed by atoms with E-state index in [1.54, 1.807) is 0 Å². The summed E-state index contributed by atoms with van der Waals surface area (Å²) in [6.45, 7) is 1.73. The van der Waals surface area contributed by atoms with Crippen LogP contribution in [0.4, 0.5) is 0 Å². The topological polar surface area (TPSA) is 23.6 Å². The molecule has 0 bridgehead atoms. The summed E-state index contributed by atoms with van der Waals surface area (Å²) in [5, 5.41) is 0.701. The second-order valence-corrected chi connectivity index (χ2v) is 7.26. The van der Waals surface area contributed by atoms with Crippen LogP contribution in [0.5, 0.6) is 0 Å². The third-order valence-electron chi connectivity index (χ3n) is 4.89. The van der Waals surface area contributed by atoms with E-state index >= 15 is 0 Å². The molecule has 1 amide bonds. The SMILES string of the molecule is O=C1CN(Cc2ccccc2)C(c2ccc(Cl)cc2)N1Cc1ccccc1. The van der Waals surface area contributed by atoms with Gasteiger partial charge >= 0.3 is 0 Å². The normalized spacial score (nSPS) is 17.4. The van der Waals surface area contributed by atoms with E-state index in [9.17, 15) is 4.79 Å². The van der Waals surface area contributed by atoms with Gasteiger partial charge in [0.25, 0.3) is 0 Å². The third-order valence-corrected chi connectivity index (χ3v) is 5.14. The molecule has 0 aliphatic carbocycles. The molecule has 1 fully saturated rings. The van der Waals surface area contributed by atoms with Gasteiger partial charge in [-0.2, -0.15) is 0 Å². The third kappa shape index (κ3) is 4.05. The Balaban J connectivity index is 1.66. The molecule has 0 aromatic heterocycles. The Kier molecular flexibility index (Phi) is 5.23. The highest BCUT2D eigenvalue weighted by atomic mass is 35.5. The number of hydrogen-bond acceptors (Lipinski definition) is 2. The highest BCUT2D eigenvalue weighted by molar-refractivity contribution is 6.30. The summed E-state index contributed by atoms with van der Waals surface area (Å²) in [6.07, 6.45) is -0.102. The van der Waals surface area contributed by atoms with Crippen LogP contribution < -0.4 is 0 Å². The second-order valence-electron chi connectivity index (χ2n) is 6.82. The molecule has 1 aliphatic heterocycles. The van der Waals surface area contributed by atoms with Crippen molar-refractivity contribution >= 4 is 17.5 Å². The maximum Gasteiger partial charge on any atom is 0.238 e. The first-order valence-corrected chi connectivity index (χ1v) is 9.45. The van der Waals surface area contributed by atoms with Crippen molar-refractivity contribution in [3.63, 3.8) is 0 Å². The Bertz CT molecular complexity index is 897. The van der Waals surface area contributed by atoms with E-state index in [-0.39, 0.29) is 12.1 Å². The fourth-order valence-electron chi connectivity index (χ4n) is 3.63. The van der Waals surface area contributed by atoms with Crippen LogP contribution in [0.15, 0.2) is 84.9 Å². The van der Waals surface area contributed by atoms with E-state index < -0.39 is 0 Å². The van der Waals surface area contributed by atoms with Crippen molar-refractivity contribution in [2.24, 2.45) is 0 Å². The van der Waals surface area contributed by atoms with Crippen LogP contribution in [0.25, 0.3) is 0 Å². The lowest BCUT2D eigenvalue weighted by Gasteiger charge is -2.30. The molecule has 1 atom stereocenters. The molecule has 3 aromatic carbocycles. The van der Waals surface area contributed by atoms with E-state index in [1.807, 2.05) is 65.6 Å². The van der Waals surface area contributed by atoms with Crippen molar-refractivity contribution in [1.29, 1.82) is 0 Å². The van der Waals surface area contributed by atoms with Crippen molar-refractivity contribution < 1.29 is 4.79 Å². The van der Waals surface area contributed by atoms with Gasteiger partial charge in [-0.05, 0) is 28.8 Å². The number of carbonyl (C=O) groups excluding carboxylic acids is 1. The average molecular weight is 377 g/mol. The van der Waals surface area contributed by atoms with Crippen LogP contribution in [0.3, 0.4) is 0 Å². The molecule has 1 unspecified atom stereocenters. The summed E-state index contributed by atoms with van der Waals surface area (Å²) in [5.41, 5.74) is 3.41. The molecule has 0 spiro atoms. The Hall–Kier alpha value is -2.62. The van der Waals surface area contributed by atoms with E-state index in [2.05, 4.69) is 29.2 Å². The van der Waals surface area contributed by atoms with Crippen molar-refractivity contribution in [3.8, 4) is 0 Å². The van der Waals surface area contributed by atoms with Crippen molar-refractivity contribution in [3.05, 3.63) is 107 Å². The largest absolute Gasteiger partial charge is 0.317 e. The van der Waals surface area contributed by atoms with Crippen molar-refractivity contribution in [2.45, 2.75) is 19.3 Å². The number of rotatable bonds is 5. The van der Waals surface area contributed by atoms with Gasteiger partial charge in [0.1, 0.15) is 6.17 Å². The zero-order valence-electron chi connectivity index (χ0n) is 15.0. The van der Waals surface area contributed by atoms with E-state index in [0.717, 1.165) is 17.7 Å². The molecule has 3 nitrogen and oxygen atoms in total. The minimum Gasteiger partial charge on any atom is -0.317 e. The Morgan fingerprint density at radius 1 is 0.778 bits per heavy atom. The van der Waals surface area contributed by atoms with Gasteiger partial charge in [0.05, 0.1) is 6.54 Å². The van der Waals surface area contributed by atoms with Crippen molar-refractivity contribution in [1.82, 2.24) is 9.80 Å². The summed E-state index contributed by atoms with van der Waals surface area (Å²) in [6, 6.07) is 28.2. The first-order chi connectivity index (χ1) is 13.2. The van der Waals surface area contributed by atoms with Gasteiger partial charge in [-0.25, -0.2) is 0 Å². The minimum atomic E-state index is -0.102. The van der Waals surface area contributed by atoms with E-state index in [0.29, 0.717) is 18.1 Å². The molecule has 1 saturated heterocycles. The van der Waals surface area contributed by atoms with Crippen LogP contribution in [0.2, 0.25) is 5.02 Å². The molecule has 1 aliphatic rings. The molecule has 4 rings (SSSR count). The smallest absolute Gasteiger partial charge is 0.238 e. The Morgan fingerprint density at radius 2 is 1.33 bits per heavy atom. The summed E-state index contributed by atoms with van der Waals surface area (Å²) in [7, 11) is 0. The molecule has 4 heteroatoms. The zero-order chi connectivity index (χ0) is 18.6. The molecule has 136 valence electrons. The van der Waals surface area contributed by atoms with Gasteiger partial charge in [0.2, 0.25) is 5.91 Å². The van der Waals surface area contributed by atoms with Gasteiger partial charge in [-0.3, -0.25) is 9.69 Å². The minimum absolute atomic E-state index is 0.102. The second kappa shape index (κ2) is 7.95. The maximum atomic E-state index is 12.9. The number of carbonyl (C=O) groups is 1. The van der Waals surface area contributed by atoms with E-state index in [4.69, 9.17) is 11.6 Å². The number of amides is 1. The lowest BCUT2D eigenvalue weighted by molar-refractivity contribution is -0.128. The first kappa shape index (κ1) is 17.8. The lowest BCUT2D eigenvalue weighted by atomic mass is 10.1. The number of halogens is 1. The van der Waals surface area contributed by atoms with Gasteiger partial charge in [-0.15, -0.1) is 0 Å². The van der Waals surface area contributed by atoms with Gasteiger partial charge < -0.3 is 4.90 Å². The first-order valence-electron chi connectivity index (χ1n) is 9.07. The Labute approximate surface area is 164 Å².